The van der Waals surface area contributed by atoms with Gasteiger partial charge in [-0.25, -0.2) is 0 Å². The molecule has 106 valence electrons. The van der Waals surface area contributed by atoms with Crippen LogP contribution < -0.4 is 5.32 Å². The molecule has 0 unspecified atom stereocenters. The van der Waals surface area contributed by atoms with E-state index in [1.54, 1.807) is 0 Å². The number of nitrogens with one attached hydrogen (secondary N) is 1. The highest BCUT2D eigenvalue weighted by molar-refractivity contribution is 5.81. The summed E-state index contributed by atoms with van der Waals surface area (Å²) in [4.78, 5) is 13.9. The van der Waals surface area contributed by atoms with Crippen LogP contribution in [0.4, 0.5) is 0 Å². The number of hydrogen-bond donors (Lipinski definition) is 1. The van der Waals surface area contributed by atoms with E-state index < -0.39 is 0 Å². The molecule has 0 aromatic carbocycles. The molecule has 1 aliphatic heterocycles. The molecule has 1 rings (SSSR count). The zero-order valence-corrected chi connectivity index (χ0v) is 11.8. The van der Waals surface area contributed by atoms with E-state index in [1.807, 2.05) is 20.8 Å². The first-order chi connectivity index (χ1) is 8.50. The van der Waals surface area contributed by atoms with Gasteiger partial charge in [0.1, 0.15) is 0 Å². The summed E-state index contributed by atoms with van der Waals surface area (Å²) in [6.07, 6.45) is 0. The Balaban J connectivity index is 1.94. The summed E-state index contributed by atoms with van der Waals surface area (Å²) in [6.45, 7) is 12.1. The van der Waals surface area contributed by atoms with Gasteiger partial charge in [-0.05, 0) is 0 Å². The molecule has 1 heterocycles. The Morgan fingerprint density at radius 3 is 2.56 bits per heavy atom. The van der Waals surface area contributed by atoms with E-state index in [2.05, 4.69) is 10.2 Å². The fraction of sp³-hybridized carbons (Fsp3) is 0.923. The maximum Gasteiger partial charge on any atom is 0.225 e. The van der Waals surface area contributed by atoms with Gasteiger partial charge in [0.25, 0.3) is 0 Å². The molecular weight excluding hydrogens is 232 g/mol. The first-order valence-corrected chi connectivity index (χ1v) is 6.66. The van der Waals surface area contributed by atoms with Gasteiger partial charge in [-0.15, -0.1) is 0 Å². The molecule has 0 bridgehead atoms. The third-order valence-electron chi connectivity index (χ3n) is 2.87. The van der Waals surface area contributed by atoms with Crippen molar-refractivity contribution in [2.75, 3.05) is 52.6 Å². The highest BCUT2D eigenvalue weighted by atomic mass is 16.5. The second-order valence-electron chi connectivity index (χ2n) is 5.57. The van der Waals surface area contributed by atoms with E-state index in [1.165, 1.54) is 0 Å². The number of amides is 1. The van der Waals surface area contributed by atoms with Gasteiger partial charge in [-0.2, -0.15) is 0 Å². The summed E-state index contributed by atoms with van der Waals surface area (Å²) in [5.41, 5.74) is -0.326. The Kier molecular flexibility index (Phi) is 6.60. The molecule has 5 heteroatoms. The largest absolute Gasteiger partial charge is 0.379 e. The number of morpholine rings is 1. The van der Waals surface area contributed by atoms with Crippen LogP contribution in [0.1, 0.15) is 20.8 Å². The third kappa shape index (κ3) is 6.33. The van der Waals surface area contributed by atoms with Gasteiger partial charge in [0.15, 0.2) is 0 Å². The molecule has 5 nitrogen and oxygen atoms in total. The third-order valence-corrected chi connectivity index (χ3v) is 2.87. The first kappa shape index (κ1) is 15.4. The van der Waals surface area contributed by atoms with Crippen LogP contribution in [0.25, 0.3) is 0 Å². The second kappa shape index (κ2) is 7.71. The minimum Gasteiger partial charge on any atom is -0.379 e. The van der Waals surface area contributed by atoms with Gasteiger partial charge in [0.05, 0.1) is 26.4 Å². The number of carbonyl (C=O) groups is 1. The number of hydrogen-bond acceptors (Lipinski definition) is 4. The predicted molar refractivity (Wildman–Crippen MR) is 70.5 cm³/mol. The average Bonchev–Trinajstić information content (AvgIpc) is 2.33. The van der Waals surface area contributed by atoms with Gasteiger partial charge in [0, 0.05) is 31.6 Å². The smallest absolute Gasteiger partial charge is 0.225 e. The monoisotopic (exact) mass is 258 g/mol. The maximum atomic E-state index is 11.6. The van der Waals surface area contributed by atoms with Gasteiger partial charge >= 0.3 is 0 Å². The van der Waals surface area contributed by atoms with E-state index in [0.717, 1.165) is 32.8 Å². The fourth-order valence-corrected chi connectivity index (χ4v) is 1.62. The van der Waals surface area contributed by atoms with Crippen molar-refractivity contribution in [3.8, 4) is 0 Å². The maximum absolute atomic E-state index is 11.6. The van der Waals surface area contributed by atoms with Crippen molar-refractivity contribution in [1.29, 1.82) is 0 Å². The van der Waals surface area contributed by atoms with Crippen LogP contribution in [0, 0.1) is 5.41 Å². The minimum absolute atomic E-state index is 0.0688. The Morgan fingerprint density at radius 2 is 1.94 bits per heavy atom. The van der Waals surface area contributed by atoms with Crippen molar-refractivity contribution in [2.45, 2.75) is 20.8 Å². The van der Waals surface area contributed by atoms with Crippen LogP contribution in [0.2, 0.25) is 0 Å². The van der Waals surface area contributed by atoms with Gasteiger partial charge < -0.3 is 14.8 Å². The normalized spacial score (nSPS) is 17.7. The number of nitrogens with zero attached hydrogens (tertiary/aromatic N) is 1. The van der Waals surface area contributed by atoms with Crippen molar-refractivity contribution in [3.05, 3.63) is 0 Å². The summed E-state index contributed by atoms with van der Waals surface area (Å²) < 4.78 is 10.8. The molecule has 0 aromatic heterocycles. The Morgan fingerprint density at radius 1 is 1.28 bits per heavy atom. The highest BCUT2D eigenvalue weighted by Gasteiger charge is 2.20. The molecule has 18 heavy (non-hydrogen) atoms. The molecule has 1 fully saturated rings. The van der Waals surface area contributed by atoms with Crippen molar-refractivity contribution in [3.63, 3.8) is 0 Å². The number of rotatable bonds is 6. The summed E-state index contributed by atoms with van der Waals surface area (Å²) >= 11 is 0. The van der Waals surface area contributed by atoms with Crippen molar-refractivity contribution >= 4 is 5.91 Å². The van der Waals surface area contributed by atoms with Crippen molar-refractivity contribution in [2.24, 2.45) is 5.41 Å². The fourth-order valence-electron chi connectivity index (χ4n) is 1.62. The molecule has 0 radical (unpaired) electrons. The second-order valence-corrected chi connectivity index (χ2v) is 5.57. The standard InChI is InChI=1S/C13H26N2O3/c1-13(2,3)12(16)14-4-8-17-9-5-15-6-10-18-11-7-15/h4-11H2,1-3H3,(H,14,16). The van der Waals surface area contributed by atoms with E-state index in [0.29, 0.717) is 19.8 Å². The molecule has 1 amide bonds. The minimum atomic E-state index is -0.326. The molecule has 1 aliphatic rings. The molecule has 0 saturated carbocycles. The molecule has 0 aliphatic carbocycles. The summed E-state index contributed by atoms with van der Waals surface area (Å²) in [5.74, 6) is 0.0688. The lowest BCUT2D eigenvalue weighted by Gasteiger charge is -2.26. The Labute approximate surface area is 110 Å². The lowest BCUT2D eigenvalue weighted by molar-refractivity contribution is -0.128. The zero-order chi connectivity index (χ0) is 13.4. The van der Waals surface area contributed by atoms with E-state index in [4.69, 9.17) is 9.47 Å². The van der Waals surface area contributed by atoms with Gasteiger partial charge in [0.2, 0.25) is 5.91 Å². The molecule has 0 aromatic rings. The number of carbonyl (C=O) groups excluding carboxylic acids is 1. The number of ether oxygens (including phenoxy) is 2. The summed E-state index contributed by atoms with van der Waals surface area (Å²) in [5, 5.41) is 2.86. The highest BCUT2D eigenvalue weighted by Crippen LogP contribution is 2.11. The molecular formula is C13H26N2O3. The van der Waals surface area contributed by atoms with Crippen LogP contribution >= 0.6 is 0 Å². The van der Waals surface area contributed by atoms with Gasteiger partial charge in [-0.3, -0.25) is 9.69 Å². The summed E-state index contributed by atoms with van der Waals surface area (Å²) in [7, 11) is 0. The zero-order valence-electron chi connectivity index (χ0n) is 11.8. The quantitative estimate of drug-likeness (QED) is 0.705. The SMILES string of the molecule is CC(C)(C)C(=O)NCCOCCN1CCOCC1. The summed E-state index contributed by atoms with van der Waals surface area (Å²) in [6, 6.07) is 0. The van der Waals surface area contributed by atoms with E-state index in [-0.39, 0.29) is 11.3 Å². The van der Waals surface area contributed by atoms with Crippen LogP contribution in [0.3, 0.4) is 0 Å². The lowest BCUT2D eigenvalue weighted by Crippen LogP contribution is -2.39. The molecule has 0 atom stereocenters. The van der Waals surface area contributed by atoms with Crippen molar-refractivity contribution < 1.29 is 14.3 Å². The van der Waals surface area contributed by atoms with Crippen LogP contribution in [-0.4, -0.2) is 63.4 Å². The predicted octanol–water partition coefficient (Wildman–Crippen LogP) is 0.498. The van der Waals surface area contributed by atoms with Crippen LogP contribution in [0.15, 0.2) is 0 Å². The molecule has 1 N–H and O–H groups in total. The van der Waals surface area contributed by atoms with Crippen LogP contribution in [-0.2, 0) is 14.3 Å². The lowest BCUT2D eigenvalue weighted by atomic mass is 9.96. The van der Waals surface area contributed by atoms with Crippen molar-refractivity contribution in [1.82, 2.24) is 10.2 Å². The molecule has 1 saturated heterocycles. The Hall–Kier alpha value is -0.650. The van der Waals surface area contributed by atoms with E-state index >= 15 is 0 Å². The molecule has 0 spiro atoms. The Bertz CT molecular complexity index is 245. The first-order valence-electron chi connectivity index (χ1n) is 6.66. The van der Waals surface area contributed by atoms with Crippen LogP contribution in [0.5, 0.6) is 0 Å². The van der Waals surface area contributed by atoms with Gasteiger partial charge in [-0.1, -0.05) is 20.8 Å². The van der Waals surface area contributed by atoms with E-state index in [9.17, 15) is 4.79 Å². The average molecular weight is 258 g/mol. The topological polar surface area (TPSA) is 50.8 Å².